The van der Waals surface area contributed by atoms with Crippen LogP contribution >= 0.6 is 0 Å². The summed E-state index contributed by atoms with van der Waals surface area (Å²) in [5.41, 5.74) is 0.699. The molecular formula is C14H14N2O4. The maximum atomic E-state index is 11.1. The topological polar surface area (TPSA) is 96.2 Å². The van der Waals surface area contributed by atoms with Crippen molar-refractivity contribution in [3.63, 3.8) is 0 Å². The lowest BCUT2D eigenvalue weighted by molar-refractivity contribution is -0.384. The first-order valence-electron chi connectivity index (χ1n) is 6.04. The van der Waals surface area contributed by atoms with E-state index in [1.165, 1.54) is 12.1 Å². The Morgan fingerprint density at radius 1 is 1.35 bits per heavy atom. The van der Waals surface area contributed by atoms with E-state index in [9.17, 15) is 14.9 Å². The van der Waals surface area contributed by atoms with Crippen molar-refractivity contribution in [3.05, 3.63) is 64.0 Å². The van der Waals surface area contributed by atoms with Gasteiger partial charge in [-0.2, -0.15) is 0 Å². The van der Waals surface area contributed by atoms with E-state index in [1.807, 2.05) is 6.07 Å². The lowest BCUT2D eigenvalue weighted by Gasteiger charge is -2.27. The average molecular weight is 274 g/mol. The molecule has 6 heteroatoms. The molecule has 104 valence electrons. The molecule has 0 aliphatic heterocycles. The molecule has 1 atom stereocenters. The number of benzene rings is 1. The highest BCUT2D eigenvalue weighted by Crippen LogP contribution is 2.35. The summed E-state index contributed by atoms with van der Waals surface area (Å²) in [5.74, 6) is -0.930. The van der Waals surface area contributed by atoms with Gasteiger partial charge in [-0.3, -0.25) is 14.9 Å². The summed E-state index contributed by atoms with van der Waals surface area (Å²) in [6, 6.07) is 9.58. The molecule has 0 bridgehead atoms. The summed E-state index contributed by atoms with van der Waals surface area (Å²) in [5, 5.41) is 19.8. The van der Waals surface area contributed by atoms with Gasteiger partial charge < -0.3 is 10.1 Å². The number of carboxylic acid groups (broad SMARTS) is 1. The minimum atomic E-state index is -0.930. The van der Waals surface area contributed by atoms with Crippen molar-refractivity contribution in [3.8, 4) is 0 Å². The highest BCUT2D eigenvalue weighted by atomic mass is 16.6. The summed E-state index contributed by atoms with van der Waals surface area (Å²) in [7, 11) is 0. The summed E-state index contributed by atoms with van der Waals surface area (Å²) in [6.45, 7) is 1.80. The maximum absolute atomic E-state index is 11.1. The molecule has 1 unspecified atom stereocenters. The third-order valence-electron chi connectivity index (χ3n) is 3.41. The fraction of sp³-hybridized carbons (Fsp3) is 0.214. The van der Waals surface area contributed by atoms with Crippen LogP contribution in [0.5, 0.6) is 0 Å². The number of carbonyl (C=O) groups is 1. The number of nitro groups is 1. The molecule has 6 nitrogen and oxygen atoms in total. The summed E-state index contributed by atoms with van der Waals surface area (Å²) >= 11 is 0. The molecule has 0 saturated heterocycles. The molecule has 0 radical (unpaired) electrons. The standard InChI is InChI=1S/C14H14N2O4/c1-14(9-13(17)18,12-3-2-8-15-12)10-4-6-11(7-5-10)16(19)20/h2-8,15H,9H2,1H3,(H,17,18). The van der Waals surface area contributed by atoms with Crippen LogP contribution in [0.2, 0.25) is 0 Å². The maximum Gasteiger partial charge on any atom is 0.304 e. The van der Waals surface area contributed by atoms with Gasteiger partial charge in [-0.25, -0.2) is 0 Å². The van der Waals surface area contributed by atoms with E-state index >= 15 is 0 Å². The first-order valence-corrected chi connectivity index (χ1v) is 6.04. The van der Waals surface area contributed by atoms with Gasteiger partial charge in [0, 0.05) is 29.4 Å². The molecule has 0 amide bonds. The van der Waals surface area contributed by atoms with Crippen LogP contribution in [0, 0.1) is 10.1 Å². The number of aromatic amines is 1. The minimum absolute atomic E-state index is 0.0158. The van der Waals surface area contributed by atoms with Crippen molar-refractivity contribution < 1.29 is 14.8 Å². The number of hydrogen-bond donors (Lipinski definition) is 2. The van der Waals surface area contributed by atoms with Gasteiger partial charge in [0.15, 0.2) is 0 Å². The van der Waals surface area contributed by atoms with Crippen LogP contribution in [0.25, 0.3) is 0 Å². The number of rotatable bonds is 5. The molecular weight excluding hydrogens is 260 g/mol. The fourth-order valence-electron chi connectivity index (χ4n) is 2.28. The number of non-ortho nitro benzene ring substituents is 1. The molecule has 1 aromatic heterocycles. The number of nitro benzene ring substituents is 1. The molecule has 0 aliphatic rings. The van der Waals surface area contributed by atoms with Crippen molar-refractivity contribution >= 4 is 11.7 Å². The van der Waals surface area contributed by atoms with Crippen LogP contribution in [-0.4, -0.2) is 21.0 Å². The molecule has 2 aromatic rings. The van der Waals surface area contributed by atoms with Crippen LogP contribution < -0.4 is 0 Å². The number of H-pyrrole nitrogens is 1. The van der Waals surface area contributed by atoms with Crippen molar-refractivity contribution in [1.82, 2.24) is 4.98 Å². The second-order valence-corrected chi connectivity index (χ2v) is 4.79. The molecule has 0 fully saturated rings. The predicted molar refractivity (Wildman–Crippen MR) is 72.6 cm³/mol. The van der Waals surface area contributed by atoms with Gasteiger partial charge in [0.25, 0.3) is 5.69 Å². The SMILES string of the molecule is CC(CC(=O)O)(c1ccc([N+](=O)[O-])cc1)c1ccc[nH]1. The van der Waals surface area contributed by atoms with E-state index in [0.29, 0.717) is 5.56 Å². The third kappa shape index (κ3) is 2.54. The zero-order chi connectivity index (χ0) is 14.8. The Kier molecular flexibility index (Phi) is 3.56. The van der Waals surface area contributed by atoms with Crippen molar-refractivity contribution in [1.29, 1.82) is 0 Å². The number of nitrogens with one attached hydrogen (secondary N) is 1. The lowest BCUT2D eigenvalue weighted by atomic mass is 9.76. The summed E-state index contributed by atoms with van der Waals surface area (Å²) in [4.78, 5) is 24.4. The van der Waals surface area contributed by atoms with Crippen LogP contribution in [-0.2, 0) is 10.2 Å². The highest BCUT2D eigenvalue weighted by molar-refractivity contribution is 5.70. The molecule has 2 rings (SSSR count). The van der Waals surface area contributed by atoms with Gasteiger partial charge in [-0.05, 0) is 24.6 Å². The quantitative estimate of drug-likeness (QED) is 0.647. The second kappa shape index (κ2) is 5.16. The van der Waals surface area contributed by atoms with Gasteiger partial charge in [0.1, 0.15) is 0 Å². The van der Waals surface area contributed by atoms with Gasteiger partial charge >= 0.3 is 5.97 Å². The zero-order valence-corrected chi connectivity index (χ0v) is 10.9. The van der Waals surface area contributed by atoms with E-state index < -0.39 is 16.3 Å². The van der Waals surface area contributed by atoms with Gasteiger partial charge in [0.05, 0.1) is 11.3 Å². The molecule has 0 aliphatic carbocycles. The Labute approximate surface area is 115 Å². The lowest BCUT2D eigenvalue weighted by Crippen LogP contribution is -2.27. The zero-order valence-electron chi connectivity index (χ0n) is 10.9. The van der Waals surface area contributed by atoms with Crippen molar-refractivity contribution in [2.75, 3.05) is 0 Å². The Hall–Kier alpha value is -2.63. The van der Waals surface area contributed by atoms with Gasteiger partial charge in [-0.15, -0.1) is 0 Å². The second-order valence-electron chi connectivity index (χ2n) is 4.79. The van der Waals surface area contributed by atoms with Gasteiger partial charge in [0.2, 0.25) is 0 Å². The fourth-order valence-corrected chi connectivity index (χ4v) is 2.28. The van der Waals surface area contributed by atoms with Gasteiger partial charge in [-0.1, -0.05) is 12.1 Å². The number of nitrogens with zero attached hydrogens (tertiary/aromatic N) is 1. The van der Waals surface area contributed by atoms with Crippen LogP contribution in [0.3, 0.4) is 0 Å². The Morgan fingerprint density at radius 3 is 2.45 bits per heavy atom. The van der Waals surface area contributed by atoms with Crippen LogP contribution in [0.4, 0.5) is 5.69 Å². The van der Waals surface area contributed by atoms with Crippen molar-refractivity contribution in [2.24, 2.45) is 0 Å². The Morgan fingerprint density at radius 2 is 2.00 bits per heavy atom. The Balaban J connectivity index is 2.46. The molecule has 2 N–H and O–H groups in total. The normalized spacial score (nSPS) is 13.7. The van der Waals surface area contributed by atoms with E-state index in [2.05, 4.69) is 4.98 Å². The van der Waals surface area contributed by atoms with Crippen LogP contribution in [0.1, 0.15) is 24.6 Å². The largest absolute Gasteiger partial charge is 0.481 e. The smallest absolute Gasteiger partial charge is 0.304 e. The number of hydrogen-bond acceptors (Lipinski definition) is 3. The number of aromatic nitrogens is 1. The van der Waals surface area contributed by atoms with E-state index in [4.69, 9.17) is 5.11 Å². The first kappa shape index (κ1) is 13.8. The summed E-state index contributed by atoms with van der Waals surface area (Å²) < 4.78 is 0. The molecule has 20 heavy (non-hydrogen) atoms. The molecule has 0 spiro atoms. The number of carboxylic acids is 1. The summed E-state index contributed by atoms with van der Waals surface area (Å²) in [6.07, 6.45) is 1.62. The van der Waals surface area contributed by atoms with Crippen LogP contribution in [0.15, 0.2) is 42.6 Å². The predicted octanol–water partition coefficient (Wildman–Crippen LogP) is 2.70. The molecule has 1 heterocycles. The minimum Gasteiger partial charge on any atom is -0.481 e. The number of aliphatic carboxylic acids is 1. The van der Waals surface area contributed by atoms with E-state index in [0.717, 1.165) is 5.69 Å². The van der Waals surface area contributed by atoms with E-state index in [-0.39, 0.29) is 12.1 Å². The third-order valence-corrected chi connectivity index (χ3v) is 3.41. The Bertz CT molecular complexity index is 619. The van der Waals surface area contributed by atoms with E-state index in [1.54, 1.807) is 31.3 Å². The average Bonchev–Trinajstić information content (AvgIpc) is 2.92. The first-order chi connectivity index (χ1) is 9.43. The molecule has 0 saturated carbocycles. The highest BCUT2D eigenvalue weighted by Gasteiger charge is 2.33. The molecule has 1 aromatic carbocycles. The monoisotopic (exact) mass is 274 g/mol. The van der Waals surface area contributed by atoms with Crippen molar-refractivity contribution in [2.45, 2.75) is 18.8 Å².